The summed E-state index contributed by atoms with van der Waals surface area (Å²) < 4.78 is 7.55. The Labute approximate surface area is 117 Å². The number of nitrogens with zero attached hydrogens (tertiary/aromatic N) is 2. The molecule has 1 aliphatic heterocycles. The van der Waals surface area contributed by atoms with Gasteiger partial charge in [-0.3, -0.25) is 4.79 Å². The Bertz CT molecular complexity index is 453. The number of aromatic nitrogens is 2. The molecule has 6 heteroatoms. The minimum Gasteiger partial charge on any atom is -0.481 e. The van der Waals surface area contributed by atoms with Crippen molar-refractivity contribution in [3.63, 3.8) is 0 Å². The summed E-state index contributed by atoms with van der Waals surface area (Å²) in [5.74, 6) is -0.759. The highest BCUT2D eigenvalue weighted by Gasteiger charge is 2.29. The van der Waals surface area contributed by atoms with Gasteiger partial charge in [-0.2, -0.15) is 0 Å². The van der Waals surface area contributed by atoms with E-state index in [9.17, 15) is 4.79 Å². The third-order valence-electron chi connectivity index (χ3n) is 3.58. The number of aliphatic carboxylic acids is 1. The predicted molar refractivity (Wildman–Crippen MR) is 73.5 cm³/mol. The predicted octanol–water partition coefficient (Wildman–Crippen LogP) is 2.18. The highest BCUT2D eigenvalue weighted by Crippen LogP contribution is 2.33. The third kappa shape index (κ3) is 3.73. The Morgan fingerprint density at radius 1 is 1.58 bits per heavy atom. The number of aryl methyl sites for hydroxylation is 1. The van der Waals surface area contributed by atoms with Crippen LogP contribution in [0.4, 0.5) is 0 Å². The maximum Gasteiger partial charge on any atom is 0.313 e. The zero-order valence-electron chi connectivity index (χ0n) is 11.4. The van der Waals surface area contributed by atoms with Crippen molar-refractivity contribution in [3.05, 3.63) is 11.9 Å². The zero-order valence-corrected chi connectivity index (χ0v) is 12.2. The lowest BCUT2D eigenvalue weighted by molar-refractivity contribution is -0.133. The van der Waals surface area contributed by atoms with Gasteiger partial charge in [-0.1, -0.05) is 18.7 Å². The molecule has 0 aromatic carbocycles. The van der Waals surface area contributed by atoms with Gasteiger partial charge in [0.05, 0.1) is 5.75 Å². The number of hydrogen-bond donors (Lipinski definition) is 1. The van der Waals surface area contributed by atoms with Gasteiger partial charge in [0.1, 0.15) is 0 Å². The van der Waals surface area contributed by atoms with Gasteiger partial charge in [0.25, 0.3) is 0 Å². The summed E-state index contributed by atoms with van der Waals surface area (Å²) in [6.07, 6.45) is 3.88. The fourth-order valence-electron chi connectivity index (χ4n) is 2.28. The van der Waals surface area contributed by atoms with Crippen LogP contribution in [0, 0.1) is 12.3 Å². The molecular weight excluding hydrogens is 264 g/mol. The van der Waals surface area contributed by atoms with Crippen molar-refractivity contribution < 1.29 is 14.6 Å². The standard InChI is InChI=1S/C13H20N2O3S/c1-10-7-14-12(19-8-11(16)17)15(10)9-13(2)3-5-18-6-4-13/h7H,3-6,8-9H2,1-2H3,(H,16,17). The number of imidazole rings is 1. The summed E-state index contributed by atoms with van der Waals surface area (Å²) in [6.45, 7) is 6.77. The van der Waals surface area contributed by atoms with Gasteiger partial charge in [-0.15, -0.1) is 0 Å². The van der Waals surface area contributed by atoms with Gasteiger partial charge in [0.2, 0.25) is 0 Å². The number of thioether (sulfide) groups is 1. The topological polar surface area (TPSA) is 64.3 Å². The molecule has 0 bridgehead atoms. The van der Waals surface area contributed by atoms with Gasteiger partial charge in [-0.05, 0) is 25.2 Å². The summed E-state index contributed by atoms with van der Waals surface area (Å²) in [7, 11) is 0. The molecule has 106 valence electrons. The maximum absolute atomic E-state index is 10.7. The minimum absolute atomic E-state index is 0.0519. The summed E-state index contributed by atoms with van der Waals surface area (Å²) in [6, 6.07) is 0. The number of hydrogen-bond acceptors (Lipinski definition) is 4. The Kier molecular flexibility index (Phi) is 4.52. The zero-order chi connectivity index (χ0) is 13.9. The average molecular weight is 284 g/mol. The second-order valence-corrected chi connectivity index (χ2v) is 6.32. The van der Waals surface area contributed by atoms with Gasteiger partial charge in [0.15, 0.2) is 5.16 Å². The first kappa shape index (κ1) is 14.4. The third-order valence-corrected chi connectivity index (χ3v) is 4.56. The Balaban J connectivity index is 2.10. The second-order valence-electron chi connectivity index (χ2n) is 5.37. The van der Waals surface area contributed by atoms with Crippen molar-refractivity contribution in [2.24, 2.45) is 5.41 Å². The highest BCUT2D eigenvalue weighted by atomic mass is 32.2. The van der Waals surface area contributed by atoms with Crippen LogP contribution in [0.2, 0.25) is 0 Å². The van der Waals surface area contributed by atoms with E-state index in [0.29, 0.717) is 0 Å². The molecule has 2 heterocycles. The SMILES string of the molecule is Cc1cnc(SCC(=O)O)n1CC1(C)CCOCC1. The summed E-state index contributed by atoms with van der Waals surface area (Å²) in [5.41, 5.74) is 1.29. The molecule has 1 saturated heterocycles. The van der Waals surface area contributed by atoms with Crippen molar-refractivity contribution in [3.8, 4) is 0 Å². The molecule has 0 radical (unpaired) electrons. The van der Waals surface area contributed by atoms with Gasteiger partial charge in [0, 0.05) is 31.6 Å². The Morgan fingerprint density at radius 3 is 2.89 bits per heavy atom. The average Bonchev–Trinajstić information content (AvgIpc) is 2.69. The molecule has 0 amide bonds. The van der Waals surface area contributed by atoms with Gasteiger partial charge >= 0.3 is 5.97 Å². The summed E-state index contributed by atoms with van der Waals surface area (Å²) in [5, 5.41) is 9.57. The molecule has 1 N–H and O–H groups in total. The van der Waals surface area contributed by atoms with E-state index in [1.165, 1.54) is 11.8 Å². The number of ether oxygens (including phenoxy) is 1. The Morgan fingerprint density at radius 2 is 2.26 bits per heavy atom. The smallest absolute Gasteiger partial charge is 0.313 e. The summed E-state index contributed by atoms with van der Waals surface area (Å²) in [4.78, 5) is 15.0. The van der Waals surface area contributed by atoms with E-state index in [-0.39, 0.29) is 11.2 Å². The lowest BCUT2D eigenvalue weighted by atomic mass is 9.82. The van der Waals surface area contributed by atoms with Crippen LogP contribution >= 0.6 is 11.8 Å². The fourth-order valence-corrected chi connectivity index (χ4v) is 3.02. The molecule has 1 aromatic rings. The van der Waals surface area contributed by atoms with Crippen LogP contribution in [0.15, 0.2) is 11.4 Å². The molecule has 0 spiro atoms. The monoisotopic (exact) mass is 284 g/mol. The van der Waals surface area contributed by atoms with E-state index in [1.54, 1.807) is 0 Å². The van der Waals surface area contributed by atoms with Crippen LogP contribution in [-0.2, 0) is 16.1 Å². The van der Waals surface area contributed by atoms with Crippen molar-refractivity contribution in [2.45, 2.75) is 38.4 Å². The molecule has 1 aromatic heterocycles. The molecule has 0 aliphatic carbocycles. The van der Waals surface area contributed by atoms with Crippen LogP contribution in [0.25, 0.3) is 0 Å². The lowest BCUT2D eigenvalue weighted by Gasteiger charge is -2.34. The van der Waals surface area contributed by atoms with Crippen molar-refractivity contribution in [1.82, 2.24) is 9.55 Å². The first-order valence-electron chi connectivity index (χ1n) is 6.45. The highest BCUT2D eigenvalue weighted by molar-refractivity contribution is 7.99. The molecule has 0 atom stereocenters. The van der Waals surface area contributed by atoms with Crippen molar-refractivity contribution >= 4 is 17.7 Å². The lowest BCUT2D eigenvalue weighted by Crippen LogP contribution is -2.31. The molecule has 1 aliphatic rings. The van der Waals surface area contributed by atoms with Crippen LogP contribution in [0.5, 0.6) is 0 Å². The number of carbonyl (C=O) groups is 1. The molecular formula is C13H20N2O3S. The fraction of sp³-hybridized carbons (Fsp3) is 0.692. The van der Waals surface area contributed by atoms with Crippen molar-refractivity contribution in [2.75, 3.05) is 19.0 Å². The van der Waals surface area contributed by atoms with E-state index in [4.69, 9.17) is 9.84 Å². The van der Waals surface area contributed by atoms with Crippen molar-refractivity contribution in [1.29, 1.82) is 0 Å². The molecule has 0 saturated carbocycles. The Hall–Kier alpha value is -1.01. The van der Waals surface area contributed by atoms with Gasteiger partial charge in [-0.25, -0.2) is 4.98 Å². The quantitative estimate of drug-likeness (QED) is 0.840. The van der Waals surface area contributed by atoms with E-state index < -0.39 is 5.97 Å². The van der Waals surface area contributed by atoms with Crippen LogP contribution in [0.1, 0.15) is 25.5 Å². The normalized spacial score (nSPS) is 18.4. The van der Waals surface area contributed by atoms with Gasteiger partial charge < -0.3 is 14.4 Å². The van der Waals surface area contributed by atoms with E-state index >= 15 is 0 Å². The second kappa shape index (κ2) is 5.96. The molecule has 2 rings (SSSR count). The molecule has 19 heavy (non-hydrogen) atoms. The molecule has 0 unspecified atom stereocenters. The molecule has 1 fully saturated rings. The van der Waals surface area contributed by atoms with E-state index in [0.717, 1.165) is 43.5 Å². The first-order valence-corrected chi connectivity index (χ1v) is 7.43. The minimum atomic E-state index is -0.811. The molecule has 5 nitrogen and oxygen atoms in total. The van der Waals surface area contributed by atoms with E-state index in [1.807, 2.05) is 13.1 Å². The number of carboxylic acids is 1. The van der Waals surface area contributed by atoms with E-state index in [2.05, 4.69) is 16.5 Å². The summed E-state index contributed by atoms with van der Waals surface area (Å²) >= 11 is 1.28. The van der Waals surface area contributed by atoms with Crippen LogP contribution in [-0.4, -0.2) is 39.6 Å². The van der Waals surface area contributed by atoms with Crippen LogP contribution < -0.4 is 0 Å². The number of rotatable bonds is 5. The first-order chi connectivity index (χ1) is 9.00. The largest absolute Gasteiger partial charge is 0.481 e. The van der Waals surface area contributed by atoms with Crippen LogP contribution in [0.3, 0.4) is 0 Å². The number of carboxylic acid groups (broad SMARTS) is 1. The maximum atomic E-state index is 10.7.